The number of nitro benzene ring substituents is 1. The van der Waals surface area contributed by atoms with Crippen molar-refractivity contribution in [1.29, 1.82) is 0 Å². The number of benzene rings is 1. The fraction of sp³-hybridized carbons (Fsp3) is 0.0625. The van der Waals surface area contributed by atoms with Crippen LogP contribution < -0.4 is 11.5 Å². The van der Waals surface area contributed by atoms with Crippen LogP contribution in [0, 0.1) is 10.1 Å². The van der Waals surface area contributed by atoms with Gasteiger partial charge in [0.25, 0.3) is 5.69 Å². The van der Waals surface area contributed by atoms with Crippen LogP contribution in [-0.2, 0) is 9.84 Å². The number of anilines is 2. The number of nitrogens with two attached hydrogens (primary N) is 2. The van der Waals surface area contributed by atoms with Gasteiger partial charge < -0.3 is 11.5 Å². The van der Waals surface area contributed by atoms with Crippen molar-refractivity contribution in [3.63, 3.8) is 0 Å². The maximum Gasteiger partial charge on any atom is 0.270 e. The molecule has 2 aromatic heterocycles. The van der Waals surface area contributed by atoms with E-state index in [9.17, 15) is 18.5 Å². The summed E-state index contributed by atoms with van der Waals surface area (Å²) in [6, 6.07) is 6.52. The first-order chi connectivity index (χ1) is 13.7. The summed E-state index contributed by atoms with van der Waals surface area (Å²) in [6.07, 6.45) is 4.01. The number of hydrogen-bond donors (Lipinski definition) is 2. The third-order valence-corrected chi connectivity index (χ3v) is 4.81. The van der Waals surface area contributed by atoms with E-state index in [-0.39, 0.29) is 33.7 Å². The van der Waals surface area contributed by atoms with Crippen molar-refractivity contribution in [1.82, 2.24) is 15.0 Å². The Morgan fingerprint density at radius 3 is 2.21 bits per heavy atom. The number of non-ortho nitro benzene ring substituents is 1. The van der Waals surface area contributed by atoms with Crippen LogP contribution in [0.25, 0.3) is 11.4 Å². The maximum atomic E-state index is 12.0. The van der Waals surface area contributed by atoms with E-state index in [0.717, 1.165) is 24.5 Å². The number of nitrogen functional groups attached to an aromatic ring is 2. The average Bonchev–Trinajstić information content (AvgIpc) is 2.67. The summed E-state index contributed by atoms with van der Waals surface area (Å²) >= 11 is 0. The summed E-state index contributed by atoms with van der Waals surface area (Å²) in [5.41, 5.74) is 11.9. The van der Waals surface area contributed by atoms with Gasteiger partial charge in [0.2, 0.25) is 0 Å². The zero-order chi connectivity index (χ0) is 21.2. The van der Waals surface area contributed by atoms with Gasteiger partial charge in [0.05, 0.1) is 4.92 Å². The Morgan fingerprint density at radius 2 is 1.66 bits per heavy atom. The second kappa shape index (κ2) is 7.55. The van der Waals surface area contributed by atoms with Crippen LogP contribution in [-0.4, -0.2) is 34.5 Å². The van der Waals surface area contributed by atoms with E-state index in [2.05, 4.69) is 25.2 Å². The van der Waals surface area contributed by atoms with Crippen molar-refractivity contribution in [3.8, 4) is 11.4 Å². The second-order valence-electron chi connectivity index (χ2n) is 5.78. The van der Waals surface area contributed by atoms with Gasteiger partial charge >= 0.3 is 0 Å². The van der Waals surface area contributed by atoms with Crippen molar-refractivity contribution < 1.29 is 13.3 Å². The molecule has 0 bridgehead atoms. The number of pyridine rings is 1. The summed E-state index contributed by atoms with van der Waals surface area (Å²) in [5, 5.41) is 18.6. The Balaban J connectivity index is 2.04. The Hall–Kier alpha value is -4.00. The van der Waals surface area contributed by atoms with Crippen LogP contribution in [0.15, 0.2) is 57.8 Å². The SMILES string of the molecule is CS(=O)(=O)c1cc([N+](=O)[O-])ccc1/N=N/c1c(N)nc(-c2ccncc2)nc1N. The Morgan fingerprint density at radius 1 is 1.03 bits per heavy atom. The van der Waals surface area contributed by atoms with Crippen molar-refractivity contribution in [2.75, 3.05) is 17.7 Å². The lowest BCUT2D eigenvalue weighted by Crippen LogP contribution is -2.01. The van der Waals surface area contributed by atoms with Gasteiger partial charge in [0.15, 0.2) is 33.0 Å². The standard InChI is InChI=1S/C16H14N8O4S/c1-29(27,28)12-8-10(24(25)26)2-3-11(12)22-23-13-14(17)20-16(21-15(13)18)9-4-6-19-7-5-9/h2-8H,1H3,(H4,17,18,20,21)/b23-22+. The van der Waals surface area contributed by atoms with Gasteiger partial charge in [-0.05, 0) is 18.2 Å². The zero-order valence-electron chi connectivity index (χ0n) is 14.9. The van der Waals surface area contributed by atoms with Gasteiger partial charge in [0.1, 0.15) is 10.6 Å². The lowest BCUT2D eigenvalue weighted by molar-refractivity contribution is -0.385. The largest absolute Gasteiger partial charge is 0.382 e. The number of nitro groups is 1. The fourth-order valence-electron chi connectivity index (χ4n) is 2.32. The molecule has 0 radical (unpaired) electrons. The van der Waals surface area contributed by atoms with E-state index in [1.54, 1.807) is 24.5 Å². The quantitative estimate of drug-likeness (QED) is 0.358. The fourth-order valence-corrected chi connectivity index (χ4v) is 3.15. The molecule has 3 aromatic rings. The molecule has 148 valence electrons. The van der Waals surface area contributed by atoms with Crippen molar-refractivity contribution in [2.24, 2.45) is 10.2 Å². The molecule has 0 amide bonds. The monoisotopic (exact) mass is 414 g/mol. The average molecular weight is 414 g/mol. The molecular weight excluding hydrogens is 400 g/mol. The highest BCUT2D eigenvalue weighted by Gasteiger charge is 2.19. The van der Waals surface area contributed by atoms with E-state index < -0.39 is 20.4 Å². The first kappa shape index (κ1) is 19.8. The molecule has 4 N–H and O–H groups in total. The number of sulfone groups is 1. The molecule has 0 saturated heterocycles. The number of rotatable bonds is 5. The predicted molar refractivity (Wildman–Crippen MR) is 104 cm³/mol. The zero-order valence-corrected chi connectivity index (χ0v) is 15.7. The van der Waals surface area contributed by atoms with Crippen LogP contribution in [0.5, 0.6) is 0 Å². The first-order valence-electron chi connectivity index (χ1n) is 7.90. The second-order valence-corrected chi connectivity index (χ2v) is 7.77. The van der Waals surface area contributed by atoms with E-state index in [4.69, 9.17) is 11.5 Å². The minimum Gasteiger partial charge on any atom is -0.382 e. The molecule has 0 atom stereocenters. The van der Waals surface area contributed by atoms with Gasteiger partial charge in [0, 0.05) is 36.3 Å². The van der Waals surface area contributed by atoms with Gasteiger partial charge in [-0.3, -0.25) is 15.1 Å². The minimum absolute atomic E-state index is 0.0550. The predicted octanol–water partition coefficient (Wildman–Crippen LogP) is 2.43. The van der Waals surface area contributed by atoms with Gasteiger partial charge in [-0.1, -0.05) is 0 Å². The first-order valence-corrected chi connectivity index (χ1v) is 9.79. The summed E-state index contributed by atoms with van der Waals surface area (Å²) in [7, 11) is -3.81. The number of nitrogens with zero attached hydrogens (tertiary/aromatic N) is 6. The summed E-state index contributed by atoms with van der Waals surface area (Å²) in [6.45, 7) is 0. The van der Waals surface area contributed by atoms with Crippen LogP contribution in [0.3, 0.4) is 0 Å². The van der Waals surface area contributed by atoms with Crippen molar-refractivity contribution >= 4 is 38.5 Å². The van der Waals surface area contributed by atoms with Gasteiger partial charge in [-0.15, -0.1) is 10.2 Å². The molecule has 0 unspecified atom stereocenters. The van der Waals surface area contributed by atoms with Gasteiger partial charge in [-0.25, -0.2) is 18.4 Å². The molecule has 0 spiro atoms. The van der Waals surface area contributed by atoms with Crippen LogP contribution in [0.4, 0.5) is 28.7 Å². The molecular formula is C16H14N8O4S. The molecule has 0 aliphatic rings. The molecule has 0 aliphatic carbocycles. The van der Waals surface area contributed by atoms with E-state index in [1.165, 1.54) is 0 Å². The number of aromatic nitrogens is 3. The maximum absolute atomic E-state index is 12.0. The summed E-state index contributed by atoms with van der Waals surface area (Å²) in [4.78, 5) is 22.0. The minimum atomic E-state index is -3.81. The third kappa shape index (κ3) is 4.30. The molecule has 13 heteroatoms. The molecule has 29 heavy (non-hydrogen) atoms. The van der Waals surface area contributed by atoms with E-state index >= 15 is 0 Å². The van der Waals surface area contributed by atoms with Crippen LogP contribution in [0.1, 0.15) is 0 Å². The Kier molecular flexibility index (Phi) is 5.14. The molecule has 2 heterocycles. The van der Waals surface area contributed by atoms with Gasteiger partial charge in [-0.2, -0.15) is 0 Å². The molecule has 0 fully saturated rings. The van der Waals surface area contributed by atoms with Crippen LogP contribution >= 0.6 is 0 Å². The lowest BCUT2D eigenvalue weighted by atomic mass is 10.2. The number of azo groups is 1. The molecule has 12 nitrogen and oxygen atoms in total. The van der Waals surface area contributed by atoms with Crippen LogP contribution in [0.2, 0.25) is 0 Å². The molecule has 0 saturated carbocycles. The molecule has 3 rings (SSSR count). The Bertz CT molecular complexity index is 1210. The summed E-state index contributed by atoms with van der Waals surface area (Å²) < 4.78 is 23.9. The molecule has 1 aromatic carbocycles. The highest BCUT2D eigenvalue weighted by atomic mass is 32.2. The highest BCUT2D eigenvalue weighted by Crippen LogP contribution is 2.33. The topological polar surface area (TPSA) is 193 Å². The van der Waals surface area contributed by atoms with E-state index in [0.29, 0.717) is 5.56 Å². The molecule has 0 aliphatic heterocycles. The third-order valence-electron chi connectivity index (χ3n) is 3.69. The van der Waals surface area contributed by atoms with Crippen molar-refractivity contribution in [3.05, 3.63) is 52.8 Å². The Labute approximate surface area is 164 Å². The van der Waals surface area contributed by atoms with Crippen molar-refractivity contribution in [2.45, 2.75) is 4.90 Å². The smallest absolute Gasteiger partial charge is 0.270 e. The van der Waals surface area contributed by atoms with E-state index in [1.807, 2.05) is 0 Å². The normalized spacial score (nSPS) is 11.6. The highest BCUT2D eigenvalue weighted by molar-refractivity contribution is 7.90. The summed E-state index contributed by atoms with van der Waals surface area (Å²) in [5.74, 6) is 0.111. The lowest BCUT2D eigenvalue weighted by Gasteiger charge is -2.06. The number of hydrogen-bond acceptors (Lipinski definition) is 11.